The van der Waals surface area contributed by atoms with E-state index in [1.807, 2.05) is 6.20 Å². The molecule has 4 rings (SSSR count). The largest absolute Gasteiger partial charge is 0.444 e. The summed E-state index contributed by atoms with van der Waals surface area (Å²) in [4.78, 5) is 11.3. The lowest BCUT2D eigenvalue weighted by Crippen LogP contribution is -2.23. The molecule has 1 aliphatic heterocycles. The molecule has 0 spiro atoms. The van der Waals surface area contributed by atoms with Gasteiger partial charge in [-0.1, -0.05) is 12.1 Å². The van der Waals surface area contributed by atoms with Gasteiger partial charge in [-0.3, -0.25) is 4.90 Å². The monoisotopic (exact) mass is 288 g/mol. The molecule has 1 aliphatic carbocycles. The second-order valence-electron chi connectivity index (χ2n) is 5.97. The van der Waals surface area contributed by atoms with Gasteiger partial charge in [0.25, 0.3) is 0 Å². The Bertz CT molecular complexity index is 617. The van der Waals surface area contributed by atoms with E-state index in [-0.39, 0.29) is 6.04 Å². The van der Waals surface area contributed by atoms with Crippen molar-refractivity contribution in [2.45, 2.75) is 57.5 Å². The molecule has 0 aromatic carbocycles. The fraction of sp³-hybridized carbons (Fsp3) is 0.667. The van der Waals surface area contributed by atoms with Crippen LogP contribution in [-0.4, -0.2) is 26.6 Å². The van der Waals surface area contributed by atoms with E-state index in [2.05, 4.69) is 26.9 Å². The number of hydrogen-bond acceptors (Lipinski definition) is 6. The lowest BCUT2D eigenvalue weighted by Gasteiger charge is -2.19. The first-order valence-electron chi connectivity index (χ1n) is 7.84. The van der Waals surface area contributed by atoms with Gasteiger partial charge in [-0.15, -0.1) is 0 Å². The first kappa shape index (κ1) is 13.0. The van der Waals surface area contributed by atoms with E-state index in [1.165, 1.54) is 12.8 Å². The second kappa shape index (κ2) is 5.26. The summed E-state index contributed by atoms with van der Waals surface area (Å²) in [6, 6.07) is 0.234. The van der Waals surface area contributed by atoms with Crippen LogP contribution < -0.4 is 0 Å². The zero-order valence-electron chi connectivity index (χ0n) is 12.3. The molecule has 1 atom stereocenters. The highest BCUT2D eigenvalue weighted by atomic mass is 16.5. The maximum Gasteiger partial charge on any atom is 0.229 e. The van der Waals surface area contributed by atoms with Crippen molar-refractivity contribution < 1.29 is 8.94 Å². The van der Waals surface area contributed by atoms with Gasteiger partial charge in [0, 0.05) is 12.3 Å². The van der Waals surface area contributed by atoms with Gasteiger partial charge in [0.2, 0.25) is 11.8 Å². The van der Waals surface area contributed by atoms with E-state index in [0.717, 1.165) is 55.7 Å². The quantitative estimate of drug-likeness (QED) is 0.842. The molecule has 1 saturated heterocycles. The zero-order valence-corrected chi connectivity index (χ0v) is 12.3. The molecule has 0 bridgehead atoms. The Morgan fingerprint density at radius 3 is 3.00 bits per heavy atom. The van der Waals surface area contributed by atoms with E-state index < -0.39 is 0 Å². The van der Waals surface area contributed by atoms with Gasteiger partial charge < -0.3 is 8.94 Å². The van der Waals surface area contributed by atoms with Crippen molar-refractivity contribution in [2.75, 3.05) is 6.54 Å². The van der Waals surface area contributed by atoms with Gasteiger partial charge in [-0.25, -0.2) is 4.98 Å². The van der Waals surface area contributed by atoms with E-state index in [0.29, 0.717) is 5.92 Å². The van der Waals surface area contributed by atoms with Gasteiger partial charge in [0.15, 0.2) is 5.82 Å². The Kier molecular flexibility index (Phi) is 3.25. The number of aromatic nitrogens is 3. The first-order valence-corrected chi connectivity index (χ1v) is 7.84. The zero-order chi connectivity index (χ0) is 14.2. The van der Waals surface area contributed by atoms with Crippen molar-refractivity contribution in [3.63, 3.8) is 0 Å². The summed E-state index contributed by atoms with van der Waals surface area (Å²) in [6.45, 7) is 3.82. The predicted molar refractivity (Wildman–Crippen MR) is 74.5 cm³/mol. The molecule has 112 valence electrons. The van der Waals surface area contributed by atoms with Gasteiger partial charge in [-0.2, -0.15) is 4.98 Å². The topological polar surface area (TPSA) is 68.2 Å². The molecule has 1 saturated carbocycles. The van der Waals surface area contributed by atoms with Crippen molar-refractivity contribution >= 4 is 0 Å². The standard InChI is InChI=1S/C15H20N4O2/c1-2-11-8-16-13(20-11)9-19-7-3-4-12(19)14-17-15(21-18-14)10-5-6-10/h8,10,12H,2-7,9H2,1H3/t12-/m0/s1. The number of hydrogen-bond donors (Lipinski definition) is 0. The minimum absolute atomic E-state index is 0.234. The van der Waals surface area contributed by atoms with Crippen LogP contribution >= 0.6 is 0 Å². The second-order valence-corrected chi connectivity index (χ2v) is 5.97. The predicted octanol–water partition coefficient (Wildman–Crippen LogP) is 2.83. The smallest absolute Gasteiger partial charge is 0.229 e. The minimum atomic E-state index is 0.234. The summed E-state index contributed by atoms with van der Waals surface area (Å²) in [7, 11) is 0. The SMILES string of the molecule is CCc1cnc(CN2CCC[C@H]2c2noc(C3CC3)n2)o1. The number of rotatable bonds is 5. The Hall–Kier alpha value is -1.69. The third kappa shape index (κ3) is 2.60. The van der Waals surface area contributed by atoms with Crippen molar-refractivity contribution in [3.05, 3.63) is 29.6 Å². The van der Waals surface area contributed by atoms with E-state index in [4.69, 9.17) is 8.94 Å². The van der Waals surface area contributed by atoms with E-state index in [1.54, 1.807) is 0 Å². The van der Waals surface area contributed by atoms with E-state index >= 15 is 0 Å². The Balaban J connectivity index is 1.48. The summed E-state index contributed by atoms with van der Waals surface area (Å²) in [5.41, 5.74) is 0. The molecule has 2 aliphatic rings. The van der Waals surface area contributed by atoms with Gasteiger partial charge in [-0.05, 0) is 32.2 Å². The summed E-state index contributed by atoms with van der Waals surface area (Å²) >= 11 is 0. The van der Waals surface area contributed by atoms with Crippen molar-refractivity contribution in [2.24, 2.45) is 0 Å². The average Bonchev–Trinajstić information content (AvgIpc) is 2.95. The number of likely N-dealkylation sites (tertiary alicyclic amines) is 1. The summed E-state index contributed by atoms with van der Waals surface area (Å²) in [5, 5.41) is 4.19. The number of nitrogens with zero attached hydrogens (tertiary/aromatic N) is 4. The van der Waals surface area contributed by atoms with Crippen LogP contribution in [0.15, 0.2) is 15.1 Å². The van der Waals surface area contributed by atoms with Crippen LogP contribution in [0, 0.1) is 0 Å². The highest BCUT2D eigenvalue weighted by Crippen LogP contribution is 2.40. The Morgan fingerprint density at radius 2 is 2.24 bits per heavy atom. The van der Waals surface area contributed by atoms with Crippen molar-refractivity contribution in [1.82, 2.24) is 20.0 Å². The molecular formula is C15H20N4O2. The highest BCUT2D eigenvalue weighted by Gasteiger charge is 2.34. The molecule has 3 heterocycles. The molecule has 0 radical (unpaired) electrons. The van der Waals surface area contributed by atoms with Crippen LogP contribution in [0.25, 0.3) is 0 Å². The molecule has 0 unspecified atom stereocenters. The van der Waals surface area contributed by atoms with Crippen LogP contribution in [0.2, 0.25) is 0 Å². The Morgan fingerprint density at radius 1 is 1.33 bits per heavy atom. The van der Waals surface area contributed by atoms with Gasteiger partial charge in [0.05, 0.1) is 18.8 Å². The fourth-order valence-corrected chi connectivity index (χ4v) is 2.94. The molecule has 21 heavy (non-hydrogen) atoms. The third-order valence-electron chi connectivity index (χ3n) is 4.33. The average molecular weight is 288 g/mol. The van der Waals surface area contributed by atoms with Gasteiger partial charge >= 0.3 is 0 Å². The van der Waals surface area contributed by atoms with Crippen LogP contribution in [0.5, 0.6) is 0 Å². The molecule has 2 aromatic rings. The maximum atomic E-state index is 5.72. The fourth-order valence-electron chi connectivity index (χ4n) is 2.94. The summed E-state index contributed by atoms with van der Waals surface area (Å²) < 4.78 is 11.1. The van der Waals surface area contributed by atoms with Crippen molar-refractivity contribution in [3.8, 4) is 0 Å². The maximum absolute atomic E-state index is 5.72. The summed E-state index contributed by atoms with van der Waals surface area (Å²) in [5.74, 6) is 3.89. The highest BCUT2D eigenvalue weighted by molar-refractivity contribution is 5.05. The number of oxazole rings is 1. The molecule has 2 fully saturated rings. The van der Waals surface area contributed by atoms with Crippen LogP contribution in [-0.2, 0) is 13.0 Å². The normalized spacial score (nSPS) is 23.0. The molecule has 0 amide bonds. The van der Waals surface area contributed by atoms with Gasteiger partial charge in [0.1, 0.15) is 5.76 Å². The lowest BCUT2D eigenvalue weighted by molar-refractivity contribution is 0.210. The molecular weight excluding hydrogens is 268 g/mol. The van der Waals surface area contributed by atoms with Crippen LogP contribution in [0.3, 0.4) is 0 Å². The molecule has 6 heteroatoms. The molecule has 6 nitrogen and oxygen atoms in total. The van der Waals surface area contributed by atoms with Crippen LogP contribution in [0.4, 0.5) is 0 Å². The lowest BCUT2D eigenvalue weighted by atomic mass is 10.2. The first-order chi connectivity index (χ1) is 10.3. The molecule has 0 N–H and O–H groups in total. The number of aryl methyl sites for hydroxylation is 1. The van der Waals surface area contributed by atoms with E-state index in [9.17, 15) is 0 Å². The summed E-state index contributed by atoms with van der Waals surface area (Å²) in [6.07, 6.45) is 7.30. The van der Waals surface area contributed by atoms with Crippen molar-refractivity contribution in [1.29, 1.82) is 0 Å². The third-order valence-corrected chi connectivity index (χ3v) is 4.33. The minimum Gasteiger partial charge on any atom is -0.444 e. The van der Waals surface area contributed by atoms with Crippen LogP contribution in [0.1, 0.15) is 67.9 Å². The Labute approximate surface area is 123 Å². The molecule has 2 aromatic heterocycles.